The fraction of sp³-hybridized carbons (Fsp3) is 0.389. The van der Waals surface area contributed by atoms with Gasteiger partial charge in [-0.15, -0.1) is 0 Å². The van der Waals surface area contributed by atoms with Gasteiger partial charge in [0.2, 0.25) is 5.91 Å². The van der Waals surface area contributed by atoms with Crippen molar-refractivity contribution in [2.45, 2.75) is 33.7 Å². The molecule has 1 aromatic heterocycles. The van der Waals surface area contributed by atoms with Gasteiger partial charge in [0.1, 0.15) is 5.82 Å². The second kappa shape index (κ2) is 6.31. The lowest BCUT2D eigenvalue weighted by Gasteiger charge is -2.27. The van der Waals surface area contributed by atoms with Gasteiger partial charge in [-0.25, -0.2) is 4.39 Å². The first-order valence-electron chi connectivity index (χ1n) is 8.17. The Kier molecular flexibility index (Phi) is 4.32. The molecule has 2 amide bonds. The maximum Gasteiger partial charge on any atom is 0.257 e. The van der Waals surface area contributed by atoms with Crippen LogP contribution in [0, 0.1) is 11.2 Å². The zero-order valence-electron chi connectivity index (χ0n) is 14.5. The Hall–Kier alpha value is -2.70. The highest BCUT2D eigenvalue weighted by molar-refractivity contribution is 5.98. The number of anilines is 1. The first kappa shape index (κ1) is 17.1. The molecule has 0 saturated carbocycles. The number of carbonyl (C=O) groups excluding carboxylic acids is 2. The molecule has 0 bridgehead atoms. The van der Waals surface area contributed by atoms with Gasteiger partial charge in [0, 0.05) is 41.9 Å². The minimum Gasteiger partial charge on any atom is -0.334 e. The number of nitrogens with zero attached hydrogens (tertiary/aromatic N) is 2. The third kappa shape index (κ3) is 3.55. The van der Waals surface area contributed by atoms with Gasteiger partial charge in [-0.05, 0) is 18.2 Å². The predicted molar refractivity (Wildman–Crippen MR) is 91.5 cm³/mol. The number of fused-ring (bicyclic) bond motifs is 1. The summed E-state index contributed by atoms with van der Waals surface area (Å²) in [6, 6.07) is 4.06. The fourth-order valence-corrected chi connectivity index (χ4v) is 2.65. The summed E-state index contributed by atoms with van der Waals surface area (Å²) in [6.07, 6.45) is 2.34. The monoisotopic (exact) mass is 344 g/mol. The Morgan fingerprint density at radius 1 is 1.32 bits per heavy atom. The maximum atomic E-state index is 14.2. The molecule has 1 aliphatic rings. The van der Waals surface area contributed by atoms with Crippen molar-refractivity contribution in [3.05, 3.63) is 47.0 Å². The van der Waals surface area contributed by atoms with Crippen LogP contribution in [0.5, 0.6) is 0 Å². The number of halogens is 1. The van der Waals surface area contributed by atoms with E-state index < -0.39 is 17.1 Å². The number of hydrogen-bond acceptors (Lipinski definition) is 3. The van der Waals surface area contributed by atoms with Gasteiger partial charge < -0.3 is 10.2 Å². The van der Waals surface area contributed by atoms with Crippen LogP contribution in [0.3, 0.4) is 0 Å². The van der Waals surface area contributed by atoms with Crippen molar-refractivity contribution in [3.63, 3.8) is 0 Å². The van der Waals surface area contributed by atoms with E-state index in [0.717, 1.165) is 11.3 Å². The summed E-state index contributed by atoms with van der Waals surface area (Å²) in [5, 5.41) is 9.60. The van der Waals surface area contributed by atoms with Crippen LogP contribution in [0.25, 0.3) is 0 Å². The molecule has 1 aromatic carbocycles. The molecule has 7 heteroatoms. The van der Waals surface area contributed by atoms with E-state index in [1.165, 1.54) is 18.2 Å². The lowest BCUT2D eigenvalue weighted by atomic mass is 9.95. The van der Waals surface area contributed by atoms with Gasteiger partial charge in [-0.3, -0.25) is 14.7 Å². The molecule has 6 nitrogen and oxygen atoms in total. The quantitative estimate of drug-likeness (QED) is 0.879. The van der Waals surface area contributed by atoms with Crippen LogP contribution >= 0.6 is 0 Å². The Balaban J connectivity index is 1.81. The fourth-order valence-electron chi connectivity index (χ4n) is 2.65. The first-order chi connectivity index (χ1) is 11.8. The molecule has 0 saturated heterocycles. The number of carbonyl (C=O) groups is 2. The molecule has 0 fully saturated rings. The standard InChI is InChI=1S/C18H21FN4O2/c1-18(2,3)17(25)21-12-4-5-14(19)13(8-12)16(24)23-7-6-15-11(10-23)9-20-22-15/h4-5,8-9H,6-7,10H2,1-3H3,(H,20,22)(H,21,25). The molecule has 2 aromatic rings. The summed E-state index contributed by atoms with van der Waals surface area (Å²) in [5.41, 5.74) is 1.74. The van der Waals surface area contributed by atoms with Crippen molar-refractivity contribution in [1.82, 2.24) is 15.1 Å². The molecule has 2 heterocycles. The molecule has 0 radical (unpaired) electrons. The van der Waals surface area contributed by atoms with Gasteiger partial charge in [-0.2, -0.15) is 5.10 Å². The number of H-pyrrole nitrogens is 1. The van der Waals surface area contributed by atoms with Gasteiger partial charge in [0.25, 0.3) is 5.91 Å². The van der Waals surface area contributed by atoms with Crippen molar-refractivity contribution in [2.24, 2.45) is 5.41 Å². The Morgan fingerprint density at radius 3 is 2.80 bits per heavy atom. The second-order valence-electron chi connectivity index (χ2n) is 7.25. The Morgan fingerprint density at radius 2 is 2.08 bits per heavy atom. The SMILES string of the molecule is CC(C)(C)C(=O)Nc1ccc(F)c(C(=O)N2CCc3[nH]ncc3C2)c1. The van der Waals surface area contributed by atoms with Crippen molar-refractivity contribution in [1.29, 1.82) is 0 Å². The molecular weight excluding hydrogens is 323 g/mol. The molecular formula is C18H21FN4O2. The summed E-state index contributed by atoms with van der Waals surface area (Å²) in [5.74, 6) is -1.19. The van der Waals surface area contributed by atoms with Gasteiger partial charge in [-0.1, -0.05) is 20.8 Å². The highest BCUT2D eigenvalue weighted by Crippen LogP contribution is 2.23. The Labute approximate surface area is 145 Å². The molecule has 0 aliphatic carbocycles. The van der Waals surface area contributed by atoms with Crippen LogP contribution in [0.1, 0.15) is 42.4 Å². The van der Waals surface area contributed by atoms with E-state index in [1.54, 1.807) is 31.9 Å². The zero-order chi connectivity index (χ0) is 18.2. The summed E-state index contributed by atoms with van der Waals surface area (Å²) in [6.45, 7) is 6.24. The number of benzene rings is 1. The number of aromatic nitrogens is 2. The number of amides is 2. The summed E-state index contributed by atoms with van der Waals surface area (Å²) in [4.78, 5) is 26.4. The van der Waals surface area contributed by atoms with Crippen LogP contribution < -0.4 is 5.32 Å². The molecule has 2 N–H and O–H groups in total. The third-order valence-corrected chi connectivity index (χ3v) is 4.22. The molecule has 132 valence electrons. The average Bonchev–Trinajstić information content (AvgIpc) is 3.02. The van der Waals surface area contributed by atoms with Crippen molar-refractivity contribution in [2.75, 3.05) is 11.9 Å². The summed E-state index contributed by atoms with van der Waals surface area (Å²) >= 11 is 0. The summed E-state index contributed by atoms with van der Waals surface area (Å²) < 4.78 is 14.2. The smallest absolute Gasteiger partial charge is 0.257 e. The van der Waals surface area contributed by atoms with Crippen LogP contribution in [-0.2, 0) is 17.8 Å². The lowest BCUT2D eigenvalue weighted by molar-refractivity contribution is -0.123. The molecule has 0 unspecified atom stereocenters. The second-order valence-corrected chi connectivity index (χ2v) is 7.25. The predicted octanol–water partition coefficient (Wildman–Crippen LogP) is 2.73. The van der Waals surface area contributed by atoms with Crippen molar-refractivity contribution < 1.29 is 14.0 Å². The zero-order valence-corrected chi connectivity index (χ0v) is 14.5. The third-order valence-electron chi connectivity index (χ3n) is 4.22. The molecule has 0 spiro atoms. The topological polar surface area (TPSA) is 78.1 Å². The molecule has 3 rings (SSSR count). The lowest BCUT2D eigenvalue weighted by Crippen LogP contribution is -2.36. The molecule has 0 atom stereocenters. The number of aromatic amines is 1. The Bertz CT molecular complexity index is 823. The van der Waals surface area contributed by atoms with E-state index in [2.05, 4.69) is 15.5 Å². The highest BCUT2D eigenvalue weighted by atomic mass is 19.1. The van der Waals surface area contributed by atoms with Gasteiger partial charge in [0.15, 0.2) is 0 Å². The number of rotatable bonds is 2. The van der Waals surface area contributed by atoms with Crippen LogP contribution in [0.4, 0.5) is 10.1 Å². The van der Waals surface area contributed by atoms with Crippen LogP contribution in [0.2, 0.25) is 0 Å². The minimum atomic E-state index is -0.600. The first-order valence-corrected chi connectivity index (χ1v) is 8.17. The van der Waals surface area contributed by atoms with Gasteiger partial charge in [0.05, 0.1) is 11.8 Å². The molecule has 25 heavy (non-hydrogen) atoms. The molecule has 1 aliphatic heterocycles. The highest BCUT2D eigenvalue weighted by Gasteiger charge is 2.26. The van der Waals surface area contributed by atoms with Crippen molar-refractivity contribution in [3.8, 4) is 0 Å². The average molecular weight is 344 g/mol. The number of nitrogens with one attached hydrogen (secondary N) is 2. The minimum absolute atomic E-state index is 0.0429. The van der Waals surface area contributed by atoms with Crippen LogP contribution in [0.15, 0.2) is 24.4 Å². The van der Waals surface area contributed by atoms with Gasteiger partial charge >= 0.3 is 0 Å². The van der Waals surface area contributed by atoms with E-state index >= 15 is 0 Å². The normalized spacial score (nSPS) is 14.2. The van der Waals surface area contributed by atoms with E-state index in [-0.39, 0.29) is 11.5 Å². The summed E-state index contributed by atoms with van der Waals surface area (Å²) in [7, 11) is 0. The maximum absolute atomic E-state index is 14.2. The van der Waals surface area contributed by atoms with E-state index in [4.69, 9.17) is 0 Å². The van der Waals surface area contributed by atoms with E-state index in [1.807, 2.05) is 0 Å². The van der Waals surface area contributed by atoms with Crippen LogP contribution in [-0.4, -0.2) is 33.5 Å². The largest absolute Gasteiger partial charge is 0.334 e. The number of hydrogen-bond donors (Lipinski definition) is 2. The van der Waals surface area contributed by atoms with E-state index in [0.29, 0.717) is 25.2 Å². The van der Waals surface area contributed by atoms with Crippen molar-refractivity contribution >= 4 is 17.5 Å². The van der Waals surface area contributed by atoms with E-state index in [9.17, 15) is 14.0 Å².